The van der Waals surface area contributed by atoms with Gasteiger partial charge in [-0.2, -0.15) is 4.37 Å². The first-order valence-corrected chi connectivity index (χ1v) is 7.43. The van der Waals surface area contributed by atoms with Crippen LogP contribution in [-0.2, 0) is 0 Å². The van der Waals surface area contributed by atoms with Crippen molar-refractivity contribution in [2.45, 2.75) is 47.1 Å². The van der Waals surface area contributed by atoms with Crippen molar-refractivity contribution in [3.8, 4) is 5.75 Å². The molecule has 0 bridgehead atoms. The molecule has 0 spiro atoms. The van der Waals surface area contributed by atoms with Gasteiger partial charge < -0.3 is 15.4 Å². The predicted octanol–water partition coefficient (Wildman–Crippen LogP) is 3.38. The third-order valence-corrected chi connectivity index (χ3v) is 3.81. The number of rotatable bonds is 7. The Balaban J connectivity index is 2.91. The van der Waals surface area contributed by atoms with Crippen LogP contribution in [0.25, 0.3) is 0 Å². The molecule has 0 aliphatic heterocycles. The van der Waals surface area contributed by atoms with E-state index < -0.39 is 0 Å². The van der Waals surface area contributed by atoms with Gasteiger partial charge in [0.25, 0.3) is 0 Å². The zero-order valence-corrected chi connectivity index (χ0v) is 12.9. The van der Waals surface area contributed by atoms with E-state index >= 15 is 0 Å². The third kappa shape index (κ3) is 3.77. The molecule has 1 atom stereocenters. The van der Waals surface area contributed by atoms with Crippen LogP contribution < -0.4 is 15.4 Å². The summed E-state index contributed by atoms with van der Waals surface area (Å²) in [6.07, 6.45) is 1.29. The summed E-state index contributed by atoms with van der Waals surface area (Å²) in [6.45, 7) is 12.6. The van der Waals surface area contributed by atoms with Gasteiger partial charge in [0.15, 0.2) is 16.6 Å². The van der Waals surface area contributed by atoms with Crippen LogP contribution in [0.4, 0.5) is 10.8 Å². The van der Waals surface area contributed by atoms with Gasteiger partial charge in [0.2, 0.25) is 0 Å². The zero-order chi connectivity index (χ0) is 13.7. The van der Waals surface area contributed by atoms with Crippen LogP contribution in [0, 0.1) is 5.92 Å². The van der Waals surface area contributed by atoms with Crippen LogP contribution in [0.3, 0.4) is 0 Å². The second-order valence-electron chi connectivity index (χ2n) is 4.92. The highest BCUT2D eigenvalue weighted by atomic mass is 32.1. The average Bonchev–Trinajstić information content (AvgIpc) is 2.67. The Morgan fingerprint density at radius 2 is 2.00 bits per heavy atom. The Morgan fingerprint density at radius 3 is 2.50 bits per heavy atom. The van der Waals surface area contributed by atoms with E-state index in [1.54, 1.807) is 0 Å². The highest BCUT2D eigenvalue weighted by Crippen LogP contribution is 2.39. The first-order chi connectivity index (χ1) is 8.49. The molecule has 5 heteroatoms. The maximum absolute atomic E-state index is 5.89. The van der Waals surface area contributed by atoms with Crippen LogP contribution in [0.5, 0.6) is 5.75 Å². The number of nitrogens with two attached hydrogens (primary N) is 1. The van der Waals surface area contributed by atoms with E-state index in [9.17, 15) is 0 Å². The van der Waals surface area contributed by atoms with Crippen LogP contribution >= 0.6 is 11.5 Å². The standard InChI is InChI=1S/C13H25N3OS/c1-6-10(5)8-16(7-2)13-11(17-9(3)4)12(14)15-18-13/h9-10H,6-8H2,1-5H3,(H2,14,15). The Labute approximate surface area is 114 Å². The quantitative estimate of drug-likeness (QED) is 0.826. The van der Waals surface area contributed by atoms with Gasteiger partial charge in [-0.1, -0.05) is 20.3 Å². The van der Waals surface area contributed by atoms with Gasteiger partial charge in [-0.05, 0) is 38.2 Å². The molecule has 1 rings (SSSR count). The number of anilines is 2. The van der Waals surface area contributed by atoms with E-state index in [4.69, 9.17) is 10.5 Å². The maximum atomic E-state index is 5.89. The number of nitrogens with zero attached hydrogens (tertiary/aromatic N) is 2. The minimum atomic E-state index is 0.116. The summed E-state index contributed by atoms with van der Waals surface area (Å²) in [5, 5.41) is 1.06. The fraction of sp³-hybridized carbons (Fsp3) is 0.769. The van der Waals surface area contributed by atoms with Crippen LogP contribution in [0.1, 0.15) is 41.0 Å². The average molecular weight is 271 g/mol. The normalized spacial score (nSPS) is 12.8. The Bertz CT molecular complexity index is 365. The number of aromatic nitrogens is 1. The largest absolute Gasteiger partial charge is 0.484 e. The molecule has 0 aliphatic rings. The molecule has 1 aromatic heterocycles. The van der Waals surface area contributed by atoms with Gasteiger partial charge in [0.1, 0.15) is 0 Å². The van der Waals surface area contributed by atoms with Gasteiger partial charge in [-0.25, -0.2) is 0 Å². The lowest BCUT2D eigenvalue weighted by Gasteiger charge is -2.25. The van der Waals surface area contributed by atoms with Crippen molar-refractivity contribution < 1.29 is 4.74 Å². The molecule has 0 aliphatic carbocycles. The smallest absolute Gasteiger partial charge is 0.198 e. The minimum absolute atomic E-state index is 0.116. The molecule has 0 aromatic carbocycles. The molecule has 0 amide bonds. The minimum Gasteiger partial charge on any atom is -0.484 e. The fourth-order valence-electron chi connectivity index (χ4n) is 1.69. The Kier molecular flexibility index (Phi) is 5.72. The molecular weight excluding hydrogens is 246 g/mol. The van der Waals surface area contributed by atoms with Crippen molar-refractivity contribution in [3.05, 3.63) is 0 Å². The lowest BCUT2D eigenvalue weighted by molar-refractivity contribution is 0.244. The molecule has 1 unspecified atom stereocenters. The summed E-state index contributed by atoms with van der Waals surface area (Å²) in [7, 11) is 0. The van der Waals surface area contributed by atoms with Crippen molar-refractivity contribution in [1.29, 1.82) is 0 Å². The summed E-state index contributed by atoms with van der Waals surface area (Å²) in [5.41, 5.74) is 5.89. The lowest BCUT2D eigenvalue weighted by Crippen LogP contribution is -2.28. The molecule has 104 valence electrons. The number of nitrogen functional groups attached to an aromatic ring is 1. The zero-order valence-electron chi connectivity index (χ0n) is 12.1. The van der Waals surface area contributed by atoms with Gasteiger partial charge >= 0.3 is 0 Å². The number of hydrogen-bond acceptors (Lipinski definition) is 5. The number of ether oxygens (including phenoxy) is 1. The molecule has 1 heterocycles. The Hall–Kier alpha value is -0.970. The van der Waals surface area contributed by atoms with Crippen LogP contribution in [-0.4, -0.2) is 23.6 Å². The lowest BCUT2D eigenvalue weighted by atomic mass is 10.1. The van der Waals surface area contributed by atoms with Crippen molar-refractivity contribution in [2.75, 3.05) is 23.7 Å². The second kappa shape index (κ2) is 6.83. The monoisotopic (exact) mass is 271 g/mol. The van der Waals surface area contributed by atoms with Crippen LogP contribution in [0.2, 0.25) is 0 Å². The number of hydrogen-bond donors (Lipinski definition) is 1. The van der Waals surface area contributed by atoms with E-state index in [-0.39, 0.29) is 6.10 Å². The van der Waals surface area contributed by atoms with E-state index in [0.717, 1.165) is 23.8 Å². The first kappa shape index (κ1) is 15.1. The first-order valence-electron chi connectivity index (χ1n) is 6.66. The molecule has 0 radical (unpaired) electrons. The molecule has 18 heavy (non-hydrogen) atoms. The van der Waals surface area contributed by atoms with Gasteiger partial charge in [0.05, 0.1) is 6.10 Å². The topological polar surface area (TPSA) is 51.4 Å². The van der Waals surface area contributed by atoms with E-state index in [2.05, 4.69) is 30.0 Å². The van der Waals surface area contributed by atoms with E-state index in [1.165, 1.54) is 18.0 Å². The Morgan fingerprint density at radius 1 is 1.33 bits per heavy atom. The highest BCUT2D eigenvalue weighted by Gasteiger charge is 2.20. The second-order valence-corrected chi connectivity index (χ2v) is 5.67. The molecule has 0 saturated heterocycles. The van der Waals surface area contributed by atoms with E-state index in [0.29, 0.717) is 11.7 Å². The summed E-state index contributed by atoms with van der Waals surface area (Å²) in [6, 6.07) is 0. The maximum Gasteiger partial charge on any atom is 0.198 e. The van der Waals surface area contributed by atoms with Crippen molar-refractivity contribution in [1.82, 2.24) is 4.37 Å². The van der Waals surface area contributed by atoms with Gasteiger partial charge in [0, 0.05) is 13.1 Å². The van der Waals surface area contributed by atoms with Crippen molar-refractivity contribution in [3.63, 3.8) is 0 Å². The van der Waals surface area contributed by atoms with Gasteiger partial charge in [-0.15, -0.1) is 0 Å². The summed E-state index contributed by atoms with van der Waals surface area (Å²) >= 11 is 1.43. The van der Waals surface area contributed by atoms with E-state index in [1.807, 2.05) is 13.8 Å². The van der Waals surface area contributed by atoms with Gasteiger partial charge in [-0.3, -0.25) is 0 Å². The predicted molar refractivity (Wildman–Crippen MR) is 79.6 cm³/mol. The SMILES string of the molecule is CCC(C)CN(CC)c1snc(N)c1OC(C)C. The van der Waals surface area contributed by atoms with Crippen molar-refractivity contribution >= 4 is 22.4 Å². The van der Waals surface area contributed by atoms with Crippen LogP contribution in [0.15, 0.2) is 0 Å². The molecule has 0 saturated carbocycles. The highest BCUT2D eigenvalue weighted by molar-refractivity contribution is 7.11. The van der Waals surface area contributed by atoms with Crippen molar-refractivity contribution in [2.24, 2.45) is 5.92 Å². The fourth-order valence-corrected chi connectivity index (χ4v) is 2.52. The summed E-state index contributed by atoms with van der Waals surface area (Å²) in [4.78, 5) is 2.31. The molecule has 4 nitrogen and oxygen atoms in total. The molecule has 1 aromatic rings. The summed E-state index contributed by atoms with van der Waals surface area (Å²) in [5.74, 6) is 1.91. The third-order valence-electron chi connectivity index (χ3n) is 2.91. The molecule has 2 N–H and O–H groups in total. The molecule has 0 fully saturated rings. The molecular formula is C13H25N3OS. The summed E-state index contributed by atoms with van der Waals surface area (Å²) < 4.78 is 10.0.